The number of hydrogen-bond donors (Lipinski definition) is 4. The van der Waals surface area contributed by atoms with Gasteiger partial charge in [-0.1, -0.05) is 23.7 Å². The number of methoxy groups -OCH3 is 1. The number of carbonyl (C=O) groups is 1. The van der Waals surface area contributed by atoms with E-state index in [0.717, 1.165) is 123 Å². The predicted molar refractivity (Wildman–Crippen MR) is 286 cm³/mol. The van der Waals surface area contributed by atoms with Crippen LogP contribution < -0.4 is 15.4 Å². The molecule has 8 bridgehead atoms. The van der Waals surface area contributed by atoms with Gasteiger partial charge in [0, 0.05) is 116 Å². The maximum atomic E-state index is 13.8. The minimum Gasteiger partial charge on any atom is -0.497 e. The molecule has 0 atom stereocenters. The number of anilines is 1. The molecule has 4 N–H and O–H groups in total. The highest BCUT2D eigenvalue weighted by molar-refractivity contribution is 6.31. The highest BCUT2D eigenvalue weighted by atomic mass is 35.5. The zero-order valence-electron chi connectivity index (χ0n) is 38.1. The van der Waals surface area contributed by atoms with Crippen molar-refractivity contribution in [3.05, 3.63) is 192 Å². The Labute approximate surface area is 411 Å². The molecular weight excluding hydrogens is 904 g/mol. The van der Waals surface area contributed by atoms with Gasteiger partial charge in [0.05, 0.1) is 46.6 Å². The van der Waals surface area contributed by atoms with Gasteiger partial charge in [0.1, 0.15) is 5.75 Å². The SMILES string of the molecule is COc1ccc2nc3cc(Cl)ccc3c(NCCNC(=O)c3ccc(-c4c5nc(c(-c6ccncc6)c6ccc([nH]6)c(-c6ccncc6)c6nc(c(-c7ccncc7)c7ccc4[nH]7)C=C6)C=C5)cc3)c2c1. The first-order valence-corrected chi connectivity index (χ1v) is 23.4. The van der Waals surface area contributed by atoms with E-state index in [-0.39, 0.29) is 5.91 Å². The highest BCUT2D eigenvalue weighted by Crippen LogP contribution is 2.39. The lowest BCUT2D eigenvalue weighted by Gasteiger charge is -2.15. The van der Waals surface area contributed by atoms with Crippen LogP contribution in [-0.2, 0) is 0 Å². The average Bonchev–Trinajstić information content (AvgIpc) is 4.27. The summed E-state index contributed by atoms with van der Waals surface area (Å²) in [5.74, 6) is 0.526. The Morgan fingerprint density at radius 1 is 0.507 bits per heavy atom. The van der Waals surface area contributed by atoms with Crippen molar-refractivity contribution in [2.45, 2.75) is 0 Å². The van der Waals surface area contributed by atoms with Gasteiger partial charge in [-0.25, -0.2) is 15.0 Å². The molecule has 12 nitrogen and oxygen atoms in total. The van der Waals surface area contributed by atoms with E-state index in [4.69, 9.17) is 31.3 Å². The van der Waals surface area contributed by atoms with Crippen molar-refractivity contribution in [3.8, 4) is 50.3 Å². The molecule has 2 aliphatic heterocycles. The summed E-state index contributed by atoms with van der Waals surface area (Å²) in [5, 5.41) is 9.09. The van der Waals surface area contributed by atoms with Crippen molar-refractivity contribution in [3.63, 3.8) is 0 Å². The molecule has 0 spiro atoms. The second kappa shape index (κ2) is 18.3. The first-order valence-electron chi connectivity index (χ1n) is 23.0. The van der Waals surface area contributed by atoms with Crippen LogP contribution in [0, 0.1) is 0 Å². The van der Waals surface area contributed by atoms with Crippen LogP contribution in [0.4, 0.5) is 5.69 Å². The highest BCUT2D eigenvalue weighted by Gasteiger charge is 2.20. The van der Waals surface area contributed by atoms with Crippen LogP contribution in [0.15, 0.2) is 159 Å². The summed E-state index contributed by atoms with van der Waals surface area (Å²) in [7, 11) is 1.64. The van der Waals surface area contributed by atoms with E-state index in [1.807, 2.05) is 97.1 Å². The molecule has 1 amide bonds. The Morgan fingerprint density at radius 2 is 0.986 bits per heavy atom. The quantitative estimate of drug-likeness (QED) is 0.0773. The van der Waals surface area contributed by atoms with E-state index in [9.17, 15) is 4.79 Å². The zero-order valence-corrected chi connectivity index (χ0v) is 38.9. The minimum absolute atomic E-state index is 0.195. The van der Waals surface area contributed by atoms with Crippen LogP contribution in [0.2, 0.25) is 5.02 Å². The van der Waals surface area contributed by atoms with Gasteiger partial charge in [-0.2, -0.15) is 0 Å². The van der Waals surface area contributed by atoms with E-state index < -0.39 is 0 Å². The first-order chi connectivity index (χ1) is 35.0. The normalized spacial score (nSPS) is 11.9. The summed E-state index contributed by atoms with van der Waals surface area (Å²) >= 11 is 6.36. The molecule has 0 saturated heterocycles. The van der Waals surface area contributed by atoms with Crippen LogP contribution >= 0.6 is 11.6 Å². The van der Waals surface area contributed by atoms with Gasteiger partial charge in [-0.3, -0.25) is 19.7 Å². The lowest BCUT2D eigenvalue weighted by molar-refractivity contribution is 0.0955. The molecule has 9 heterocycles. The fourth-order valence-corrected chi connectivity index (χ4v) is 9.61. The molecular formula is C58H41ClN10O2. The van der Waals surface area contributed by atoms with Crippen molar-refractivity contribution in [2.24, 2.45) is 0 Å². The number of rotatable bonds is 10. The van der Waals surface area contributed by atoms with Gasteiger partial charge in [0.2, 0.25) is 0 Å². The Kier molecular flexibility index (Phi) is 11.1. The van der Waals surface area contributed by atoms with Gasteiger partial charge in [0.15, 0.2) is 0 Å². The molecule has 0 fully saturated rings. The zero-order chi connectivity index (χ0) is 47.8. The number of fused-ring (bicyclic) bond motifs is 10. The molecule has 0 radical (unpaired) electrons. The van der Waals surface area contributed by atoms with E-state index in [1.54, 1.807) is 44.3 Å². The first kappa shape index (κ1) is 43.0. The largest absolute Gasteiger partial charge is 0.497 e. The third-order valence-electron chi connectivity index (χ3n) is 12.8. The monoisotopic (exact) mass is 944 g/mol. The number of aromatic amines is 2. The van der Waals surface area contributed by atoms with E-state index in [0.29, 0.717) is 23.7 Å². The van der Waals surface area contributed by atoms with Gasteiger partial charge in [-0.05, 0) is 156 Å². The van der Waals surface area contributed by atoms with E-state index in [1.165, 1.54) is 0 Å². The number of amides is 1. The van der Waals surface area contributed by atoms with Crippen molar-refractivity contribution >= 4 is 91.4 Å². The number of pyridine rings is 4. The van der Waals surface area contributed by atoms with Crippen LogP contribution in [0.25, 0.3) is 113 Å². The molecule has 0 unspecified atom stereocenters. The number of hydrogen-bond acceptors (Lipinski definition) is 9. The van der Waals surface area contributed by atoms with Crippen LogP contribution in [0.5, 0.6) is 5.75 Å². The second-order valence-electron chi connectivity index (χ2n) is 17.0. The topological polar surface area (TPSA) is 159 Å². The minimum atomic E-state index is -0.195. The van der Waals surface area contributed by atoms with Gasteiger partial charge in [-0.15, -0.1) is 0 Å². The van der Waals surface area contributed by atoms with Crippen LogP contribution in [0.3, 0.4) is 0 Å². The smallest absolute Gasteiger partial charge is 0.251 e. The van der Waals surface area contributed by atoms with Crippen LogP contribution in [-0.4, -0.2) is 66.0 Å². The molecule has 12 rings (SSSR count). The number of halogens is 1. The Hall–Kier alpha value is -9.26. The van der Waals surface area contributed by atoms with Gasteiger partial charge in [0.25, 0.3) is 5.91 Å². The molecule has 0 aliphatic carbocycles. The number of H-pyrrole nitrogens is 2. The predicted octanol–water partition coefficient (Wildman–Crippen LogP) is 12.7. The van der Waals surface area contributed by atoms with Crippen LogP contribution in [0.1, 0.15) is 33.1 Å². The molecule has 3 aromatic carbocycles. The fraction of sp³-hybridized carbons (Fsp3) is 0.0517. The number of carbonyl (C=O) groups excluding carboxylic acids is 1. The summed E-state index contributed by atoms with van der Waals surface area (Å²) in [6.07, 6.45) is 19.0. The maximum absolute atomic E-state index is 13.8. The number of ether oxygens (including phenoxy) is 1. The summed E-state index contributed by atoms with van der Waals surface area (Å²) < 4.78 is 5.54. The van der Waals surface area contributed by atoms with Crippen molar-refractivity contribution in [1.29, 1.82) is 0 Å². The van der Waals surface area contributed by atoms with Gasteiger partial charge < -0.3 is 25.3 Å². The molecule has 10 aromatic rings. The number of benzene rings is 3. The van der Waals surface area contributed by atoms with Crippen molar-refractivity contribution in [2.75, 3.05) is 25.5 Å². The van der Waals surface area contributed by atoms with E-state index in [2.05, 4.69) is 84.1 Å². The standard InChI is InChI=1S/C58H41ClN10O2/c1-71-40-7-9-43-42(33-40)57(41-8-6-39(59)32-52(41)65-43)63-30-31-64-58(70)38-4-2-34(3-5-38)53-44-10-12-46(66-44)54(35-18-24-60-25-19-35)48-14-16-50(68-48)56(37-22-28-62-29-23-37)51-17-15-49(69-51)55(36-20-26-61-27-21-36)47-13-11-45(53)67-47/h2-29,32-33,66,69H,30-31H2,1H3,(H,63,65)(H,64,70). The summed E-state index contributed by atoms with van der Waals surface area (Å²) in [6.45, 7) is 0.826. The maximum Gasteiger partial charge on any atom is 0.251 e. The number of aromatic nitrogens is 8. The molecule has 13 heteroatoms. The molecule has 7 aromatic heterocycles. The third-order valence-corrected chi connectivity index (χ3v) is 13.0. The summed E-state index contributed by atoms with van der Waals surface area (Å²) in [6, 6.07) is 39.4. The fourth-order valence-electron chi connectivity index (χ4n) is 9.44. The number of nitrogens with one attached hydrogen (secondary N) is 4. The molecule has 71 heavy (non-hydrogen) atoms. The molecule has 342 valence electrons. The second-order valence-corrected chi connectivity index (χ2v) is 17.4. The lowest BCUT2D eigenvalue weighted by atomic mass is 10.0. The summed E-state index contributed by atoms with van der Waals surface area (Å²) in [4.78, 5) is 49.9. The lowest BCUT2D eigenvalue weighted by Crippen LogP contribution is -2.28. The van der Waals surface area contributed by atoms with Crippen molar-refractivity contribution in [1.82, 2.24) is 45.2 Å². The van der Waals surface area contributed by atoms with Crippen molar-refractivity contribution < 1.29 is 9.53 Å². The van der Waals surface area contributed by atoms with E-state index >= 15 is 0 Å². The van der Waals surface area contributed by atoms with Gasteiger partial charge >= 0.3 is 0 Å². The Balaban J connectivity index is 0.953. The summed E-state index contributed by atoms with van der Waals surface area (Å²) in [5.41, 5.74) is 17.0. The molecule has 0 saturated carbocycles. The average molecular weight is 945 g/mol. The molecule has 2 aliphatic rings. The Bertz CT molecular complexity index is 3910. The third kappa shape index (κ3) is 8.21. The Morgan fingerprint density at radius 3 is 1.46 bits per heavy atom. The number of nitrogens with zero attached hydrogens (tertiary/aromatic N) is 6.